The molecule has 0 atom stereocenters. The molecule has 7 heteroatoms. The van der Waals surface area contributed by atoms with E-state index in [2.05, 4.69) is 15.8 Å². The molecule has 0 saturated carbocycles. The first-order chi connectivity index (χ1) is 15.1. The minimum Gasteiger partial charge on any atom is -0.483 e. The van der Waals surface area contributed by atoms with Gasteiger partial charge < -0.3 is 19.9 Å². The van der Waals surface area contributed by atoms with Crippen molar-refractivity contribution >= 4 is 28.4 Å². The molecular formula is C24H21N3O4. The molecule has 156 valence electrons. The van der Waals surface area contributed by atoms with Crippen LogP contribution in [-0.2, 0) is 11.3 Å². The normalized spacial score (nSPS) is 10.6. The number of hydrogen-bond donors (Lipinski definition) is 2. The van der Waals surface area contributed by atoms with Gasteiger partial charge in [-0.05, 0) is 35.4 Å². The number of rotatable bonds is 7. The molecule has 0 aliphatic heterocycles. The predicted octanol–water partition coefficient (Wildman–Crippen LogP) is 4.08. The topological polar surface area (TPSA) is 93.5 Å². The van der Waals surface area contributed by atoms with Crippen LogP contribution in [0.25, 0.3) is 10.8 Å². The van der Waals surface area contributed by atoms with E-state index < -0.39 is 5.91 Å². The highest BCUT2D eigenvalue weighted by atomic mass is 16.5. The molecule has 2 amide bonds. The summed E-state index contributed by atoms with van der Waals surface area (Å²) >= 11 is 0. The third-order valence-electron chi connectivity index (χ3n) is 4.64. The van der Waals surface area contributed by atoms with Crippen LogP contribution in [0.4, 0.5) is 5.82 Å². The molecule has 0 bridgehead atoms. The molecule has 3 aromatic carbocycles. The number of hydrogen-bond acceptors (Lipinski definition) is 5. The average molecular weight is 415 g/mol. The van der Waals surface area contributed by atoms with Gasteiger partial charge in [-0.2, -0.15) is 0 Å². The summed E-state index contributed by atoms with van der Waals surface area (Å²) in [5.41, 5.74) is 1.35. The molecule has 1 aromatic heterocycles. The van der Waals surface area contributed by atoms with E-state index in [4.69, 9.17) is 9.26 Å². The molecule has 7 nitrogen and oxygen atoms in total. The molecule has 2 N–H and O–H groups in total. The smallest absolute Gasteiger partial charge is 0.263 e. The summed E-state index contributed by atoms with van der Waals surface area (Å²) in [7, 11) is 0. The van der Waals surface area contributed by atoms with E-state index in [-0.39, 0.29) is 12.5 Å². The number of carbonyl (C=O) groups excluding carboxylic acids is 2. The number of anilines is 1. The average Bonchev–Trinajstić information content (AvgIpc) is 3.20. The molecular weight excluding hydrogens is 394 g/mol. The van der Waals surface area contributed by atoms with Crippen molar-refractivity contribution in [3.63, 3.8) is 0 Å². The molecule has 0 aliphatic rings. The van der Waals surface area contributed by atoms with Crippen LogP contribution in [0.1, 0.15) is 21.7 Å². The molecule has 0 saturated heterocycles. The second-order valence-corrected chi connectivity index (χ2v) is 7.02. The summed E-state index contributed by atoms with van der Waals surface area (Å²) < 4.78 is 10.7. The van der Waals surface area contributed by atoms with Crippen molar-refractivity contribution in [1.82, 2.24) is 10.5 Å². The number of nitrogens with one attached hydrogen (secondary N) is 2. The van der Waals surface area contributed by atoms with Gasteiger partial charge in [0.1, 0.15) is 11.5 Å². The minimum atomic E-state index is -0.405. The van der Waals surface area contributed by atoms with Gasteiger partial charge in [0.15, 0.2) is 12.4 Å². The van der Waals surface area contributed by atoms with E-state index in [9.17, 15) is 9.59 Å². The van der Waals surface area contributed by atoms with Crippen LogP contribution >= 0.6 is 0 Å². The molecule has 0 aliphatic carbocycles. The number of nitrogens with zero attached hydrogens (tertiary/aromatic N) is 1. The van der Waals surface area contributed by atoms with Crippen LogP contribution in [0.3, 0.4) is 0 Å². The first kappa shape index (κ1) is 20.2. The second kappa shape index (κ2) is 9.13. The van der Waals surface area contributed by atoms with Gasteiger partial charge >= 0.3 is 0 Å². The summed E-state index contributed by atoms with van der Waals surface area (Å²) in [5, 5.41) is 11.0. The molecule has 31 heavy (non-hydrogen) atoms. The Balaban J connectivity index is 1.51. The number of amides is 2. The van der Waals surface area contributed by atoms with Crippen molar-refractivity contribution in [2.24, 2.45) is 0 Å². The van der Waals surface area contributed by atoms with E-state index in [0.717, 1.165) is 16.3 Å². The SMILES string of the molecule is Cc1cc(NC(=O)COc2cc3ccccc3cc2C(=O)NCc2ccccc2)no1. The van der Waals surface area contributed by atoms with Crippen molar-refractivity contribution in [3.05, 3.63) is 89.7 Å². The Kier molecular flexibility index (Phi) is 5.93. The van der Waals surface area contributed by atoms with Gasteiger partial charge in [0.2, 0.25) is 0 Å². The number of ether oxygens (including phenoxy) is 1. The summed E-state index contributed by atoms with van der Waals surface area (Å²) in [6.07, 6.45) is 0. The Morgan fingerprint density at radius 3 is 2.39 bits per heavy atom. The number of benzene rings is 3. The number of aryl methyl sites for hydroxylation is 1. The van der Waals surface area contributed by atoms with Gasteiger partial charge in [-0.3, -0.25) is 9.59 Å². The molecule has 4 aromatic rings. The molecule has 0 unspecified atom stereocenters. The summed E-state index contributed by atoms with van der Waals surface area (Å²) in [4.78, 5) is 25.1. The highest BCUT2D eigenvalue weighted by molar-refractivity contribution is 6.02. The Morgan fingerprint density at radius 1 is 0.968 bits per heavy atom. The zero-order chi connectivity index (χ0) is 21.6. The standard InChI is InChI=1S/C24H21N3O4/c1-16-11-22(27-31-16)26-23(28)15-30-21-13-19-10-6-5-9-18(19)12-20(21)24(29)25-14-17-7-3-2-4-8-17/h2-13H,14-15H2,1H3,(H,25,29)(H,26,27,28). The number of carbonyl (C=O) groups is 2. The zero-order valence-electron chi connectivity index (χ0n) is 16.9. The molecule has 0 fully saturated rings. The van der Waals surface area contributed by atoms with Crippen LogP contribution in [0, 0.1) is 6.92 Å². The molecule has 4 rings (SSSR count). The largest absolute Gasteiger partial charge is 0.483 e. The fourth-order valence-electron chi connectivity index (χ4n) is 3.14. The van der Waals surface area contributed by atoms with E-state index in [1.165, 1.54) is 0 Å². The fraction of sp³-hybridized carbons (Fsp3) is 0.125. The van der Waals surface area contributed by atoms with E-state index >= 15 is 0 Å². The summed E-state index contributed by atoms with van der Waals surface area (Å²) in [5.74, 6) is 0.540. The first-order valence-corrected chi connectivity index (χ1v) is 9.79. The lowest BCUT2D eigenvalue weighted by Gasteiger charge is -2.13. The van der Waals surface area contributed by atoms with Crippen LogP contribution in [0.5, 0.6) is 5.75 Å². The Bertz CT molecular complexity index is 1220. The van der Waals surface area contributed by atoms with Gasteiger partial charge in [-0.25, -0.2) is 0 Å². The van der Waals surface area contributed by atoms with Crippen molar-refractivity contribution in [3.8, 4) is 5.75 Å². The number of aromatic nitrogens is 1. The molecule has 0 radical (unpaired) electrons. The summed E-state index contributed by atoms with van der Waals surface area (Å²) in [6, 6.07) is 22.4. The van der Waals surface area contributed by atoms with E-state index in [1.54, 1.807) is 25.1 Å². The summed E-state index contributed by atoms with van der Waals surface area (Å²) in [6.45, 7) is 1.84. The van der Waals surface area contributed by atoms with Crippen LogP contribution < -0.4 is 15.4 Å². The third-order valence-corrected chi connectivity index (χ3v) is 4.64. The number of fused-ring (bicyclic) bond motifs is 1. The molecule has 0 spiro atoms. The highest BCUT2D eigenvalue weighted by Gasteiger charge is 2.16. The Hall–Kier alpha value is -4.13. The van der Waals surface area contributed by atoms with Gasteiger partial charge in [-0.1, -0.05) is 59.8 Å². The van der Waals surface area contributed by atoms with Crippen molar-refractivity contribution in [2.75, 3.05) is 11.9 Å². The van der Waals surface area contributed by atoms with Crippen molar-refractivity contribution in [2.45, 2.75) is 13.5 Å². The maximum Gasteiger partial charge on any atom is 0.263 e. The fourth-order valence-corrected chi connectivity index (χ4v) is 3.14. The zero-order valence-corrected chi connectivity index (χ0v) is 16.9. The van der Waals surface area contributed by atoms with Gasteiger partial charge in [0, 0.05) is 12.6 Å². The monoisotopic (exact) mass is 415 g/mol. The van der Waals surface area contributed by atoms with Crippen LogP contribution in [0.2, 0.25) is 0 Å². The molecule has 1 heterocycles. The quantitative estimate of drug-likeness (QED) is 0.474. The van der Waals surface area contributed by atoms with Crippen LogP contribution in [-0.4, -0.2) is 23.6 Å². The van der Waals surface area contributed by atoms with Gasteiger partial charge in [0.05, 0.1) is 5.56 Å². The predicted molar refractivity (Wildman–Crippen MR) is 117 cm³/mol. The third kappa shape index (κ3) is 5.08. The second-order valence-electron chi connectivity index (χ2n) is 7.02. The van der Waals surface area contributed by atoms with Crippen molar-refractivity contribution in [1.29, 1.82) is 0 Å². The lowest BCUT2D eigenvalue weighted by molar-refractivity contribution is -0.118. The van der Waals surface area contributed by atoms with Gasteiger partial charge in [-0.15, -0.1) is 0 Å². The minimum absolute atomic E-state index is 0.275. The highest BCUT2D eigenvalue weighted by Crippen LogP contribution is 2.26. The van der Waals surface area contributed by atoms with E-state index in [0.29, 0.717) is 29.4 Å². The van der Waals surface area contributed by atoms with Gasteiger partial charge in [0.25, 0.3) is 11.8 Å². The van der Waals surface area contributed by atoms with E-state index in [1.807, 2.05) is 54.6 Å². The Labute approximate surface area is 179 Å². The first-order valence-electron chi connectivity index (χ1n) is 9.79. The Morgan fingerprint density at radius 2 is 1.68 bits per heavy atom. The van der Waals surface area contributed by atoms with Crippen LogP contribution in [0.15, 0.2) is 77.3 Å². The maximum absolute atomic E-state index is 12.9. The lowest BCUT2D eigenvalue weighted by atomic mass is 10.1. The van der Waals surface area contributed by atoms with Crippen molar-refractivity contribution < 1.29 is 18.8 Å². The lowest BCUT2D eigenvalue weighted by Crippen LogP contribution is -2.25. The maximum atomic E-state index is 12.9.